The monoisotopic (exact) mass is 300 g/mol. The van der Waals surface area contributed by atoms with Crippen LogP contribution in [0.2, 0.25) is 0 Å². The summed E-state index contributed by atoms with van der Waals surface area (Å²) in [6.45, 7) is 3.03. The third-order valence-corrected chi connectivity index (χ3v) is 4.20. The van der Waals surface area contributed by atoms with Gasteiger partial charge in [0.1, 0.15) is 0 Å². The van der Waals surface area contributed by atoms with Crippen molar-refractivity contribution in [1.29, 1.82) is 0 Å². The summed E-state index contributed by atoms with van der Waals surface area (Å²) in [5, 5.41) is 0. The molecular formula is C19H40O2. The quantitative estimate of drug-likeness (QED) is 0.157. The van der Waals surface area contributed by atoms with Crippen molar-refractivity contribution >= 4 is 0 Å². The number of rotatable bonds is 18. The molecule has 0 aromatic heterocycles. The second-order valence-corrected chi connectivity index (χ2v) is 6.29. The standard InChI is InChI=1S/C19H40O2/c1-3-4-5-6-7-8-9-10-11-12-13-14-15-16-17-18-19-21-20-2/h3-19H2,1-2H3. The normalized spacial score (nSPS) is 11.1. The topological polar surface area (TPSA) is 18.5 Å². The summed E-state index contributed by atoms with van der Waals surface area (Å²) >= 11 is 0. The SMILES string of the molecule is CCCCCCCCCCCCCCCCCCOOC. The molecule has 128 valence electrons. The zero-order valence-electron chi connectivity index (χ0n) is 14.8. The zero-order chi connectivity index (χ0) is 15.4. The highest BCUT2D eigenvalue weighted by atomic mass is 17.2. The Morgan fingerprint density at radius 2 is 0.810 bits per heavy atom. The zero-order valence-corrected chi connectivity index (χ0v) is 14.8. The Morgan fingerprint density at radius 1 is 0.476 bits per heavy atom. The van der Waals surface area contributed by atoms with Crippen molar-refractivity contribution in [1.82, 2.24) is 0 Å². The minimum atomic E-state index is 0.745. The summed E-state index contributed by atoms with van der Waals surface area (Å²) in [4.78, 5) is 9.42. The fourth-order valence-corrected chi connectivity index (χ4v) is 2.79. The molecule has 0 bridgehead atoms. The lowest BCUT2D eigenvalue weighted by molar-refractivity contribution is -0.272. The lowest BCUT2D eigenvalue weighted by atomic mass is 10.0. The summed E-state index contributed by atoms with van der Waals surface area (Å²) in [6.07, 6.45) is 22.5. The molecule has 0 fully saturated rings. The molecule has 0 saturated carbocycles. The molecule has 0 rings (SSSR count). The van der Waals surface area contributed by atoms with Crippen molar-refractivity contribution in [2.45, 2.75) is 110 Å². The van der Waals surface area contributed by atoms with Gasteiger partial charge in [-0.2, -0.15) is 0 Å². The van der Waals surface area contributed by atoms with Crippen LogP contribution >= 0.6 is 0 Å². The van der Waals surface area contributed by atoms with Gasteiger partial charge in [0.25, 0.3) is 0 Å². The fourth-order valence-electron chi connectivity index (χ4n) is 2.79. The third kappa shape index (κ3) is 19.9. The number of hydrogen-bond donors (Lipinski definition) is 0. The predicted molar refractivity (Wildman–Crippen MR) is 92.5 cm³/mol. The van der Waals surface area contributed by atoms with E-state index in [1.807, 2.05) is 0 Å². The van der Waals surface area contributed by atoms with Gasteiger partial charge >= 0.3 is 0 Å². The molecular weight excluding hydrogens is 260 g/mol. The van der Waals surface area contributed by atoms with Gasteiger partial charge in [0.2, 0.25) is 0 Å². The first-order valence-electron chi connectivity index (χ1n) is 9.57. The summed E-state index contributed by atoms with van der Waals surface area (Å²) in [5.41, 5.74) is 0. The molecule has 0 saturated heterocycles. The van der Waals surface area contributed by atoms with Gasteiger partial charge in [0, 0.05) is 0 Å². The van der Waals surface area contributed by atoms with E-state index in [-0.39, 0.29) is 0 Å². The summed E-state index contributed by atoms with van der Waals surface area (Å²) in [6, 6.07) is 0. The van der Waals surface area contributed by atoms with Crippen LogP contribution in [-0.2, 0) is 9.78 Å². The van der Waals surface area contributed by atoms with E-state index in [4.69, 9.17) is 4.89 Å². The Labute approximate surface area is 133 Å². The predicted octanol–water partition coefficient (Wildman–Crippen LogP) is 6.83. The molecule has 0 N–H and O–H groups in total. The van der Waals surface area contributed by atoms with Crippen molar-refractivity contribution < 1.29 is 9.78 Å². The minimum Gasteiger partial charge on any atom is -0.240 e. The van der Waals surface area contributed by atoms with Crippen molar-refractivity contribution in [2.75, 3.05) is 13.7 Å². The molecule has 0 aromatic rings. The molecule has 21 heavy (non-hydrogen) atoms. The van der Waals surface area contributed by atoms with Gasteiger partial charge in [-0.25, -0.2) is 9.78 Å². The van der Waals surface area contributed by atoms with Crippen molar-refractivity contribution in [3.63, 3.8) is 0 Å². The van der Waals surface area contributed by atoms with E-state index in [0.29, 0.717) is 0 Å². The van der Waals surface area contributed by atoms with Crippen molar-refractivity contribution in [3.8, 4) is 0 Å². The van der Waals surface area contributed by atoms with Gasteiger partial charge in [0.15, 0.2) is 0 Å². The summed E-state index contributed by atoms with van der Waals surface area (Å²) in [7, 11) is 1.58. The molecule has 0 aliphatic carbocycles. The molecule has 0 radical (unpaired) electrons. The Bertz CT molecular complexity index is 153. The largest absolute Gasteiger partial charge is 0.240 e. The van der Waals surface area contributed by atoms with E-state index in [9.17, 15) is 0 Å². The third-order valence-electron chi connectivity index (χ3n) is 4.20. The second-order valence-electron chi connectivity index (χ2n) is 6.29. The average molecular weight is 301 g/mol. The molecule has 0 amide bonds. The van der Waals surface area contributed by atoms with Crippen LogP contribution in [0.3, 0.4) is 0 Å². The van der Waals surface area contributed by atoms with E-state index in [0.717, 1.165) is 13.0 Å². The first-order valence-corrected chi connectivity index (χ1v) is 9.57. The van der Waals surface area contributed by atoms with Gasteiger partial charge in [0.05, 0.1) is 13.7 Å². The highest BCUT2D eigenvalue weighted by molar-refractivity contribution is 4.49. The van der Waals surface area contributed by atoms with E-state index >= 15 is 0 Å². The van der Waals surface area contributed by atoms with Crippen LogP contribution in [0.15, 0.2) is 0 Å². The highest BCUT2D eigenvalue weighted by Gasteiger charge is 1.94. The molecule has 0 aliphatic heterocycles. The summed E-state index contributed by atoms with van der Waals surface area (Å²) < 4.78 is 0. The van der Waals surface area contributed by atoms with Gasteiger partial charge in [-0.15, -0.1) is 0 Å². The lowest BCUT2D eigenvalue weighted by Crippen LogP contribution is -1.92. The minimum absolute atomic E-state index is 0.745. The van der Waals surface area contributed by atoms with Crippen LogP contribution in [0.4, 0.5) is 0 Å². The van der Waals surface area contributed by atoms with Crippen LogP contribution in [0, 0.1) is 0 Å². The molecule has 0 aromatic carbocycles. The molecule has 2 nitrogen and oxygen atoms in total. The molecule has 0 unspecified atom stereocenters. The van der Waals surface area contributed by atoms with Crippen molar-refractivity contribution in [2.24, 2.45) is 0 Å². The first kappa shape index (κ1) is 20.9. The second kappa shape index (κ2) is 19.9. The van der Waals surface area contributed by atoms with Crippen LogP contribution in [0.5, 0.6) is 0 Å². The Hall–Kier alpha value is -0.0800. The van der Waals surface area contributed by atoms with Gasteiger partial charge in [-0.05, 0) is 6.42 Å². The summed E-state index contributed by atoms with van der Waals surface area (Å²) in [5.74, 6) is 0. The Kier molecular flexibility index (Phi) is 19.8. The van der Waals surface area contributed by atoms with E-state index in [1.165, 1.54) is 96.3 Å². The van der Waals surface area contributed by atoms with E-state index < -0.39 is 0 Å². The van der Waals surface area contributed by atoms with Crippen LogP contribution in [0.1, 0.15) is 110 Å². The average Bonchev–Trinajstić information content (AvgIpc) is 2.50. The fraction of sp³-hybridized carbons (Fsp3) is 1.00. The van der Waals surface area contributed by atoms with Crippen LogP contribution in [0.25, 0.3) is 0 Å². The first-order chi connectivity index (χ1) is 10.4. The maximum atomic E-state index is 4.85. The van der Waals surface area contributed by atoms with Crippen LogP contribution < -0.4 is 0 Å². The molecule has 0 atom stereocenters. The van der Waals surface area contributed by atoms with Crippen molar-refractivity contribution in [3.05, 3.63) is 0 Å². The Morgan fingerprint density at radius 3 is 1.14 bits per heavy atom. The molecule has 2 heteroatoms. The molecule has 0 spiro atoms. The van der Waals surface area contributed by atoms with E-state index in [2.05, 4.69) is 11.8 Å². The van der Waals surface area contributed by atoms with E-state index in [1.54, 1.807) is 7.11 Å². The smallest absolute Gasteiger partial charge is 0.0822 e. The lowest BCUT2D eigenvalue weighted by Gasteiger charge is -2.03. The number of hydrogen-bond acceptors (Lipinski definition) is 2. The Balaban J connectivity index is 2.90. The number of unbranched alkanes of at least 4 members (excludes halogenated alkanes) is 15. The maximum Gasteiger partial charge on any atom is 0.0822 e. The van der Waals surface area contributed by atoms with Gasteiger partial charge in [-0.3, -0.25) is 0 Å². The van der Waals surface area contributed by atoms with Gasteiger partial charge in [-0.1, -0.05) is 103 Å². The molecule has 0 heterocycles. The van der Waals surface area contributed by atoms with Crippen LogP contribution in [-0.4, -0.2) is 13.7 Å². The molecule has 0 aliphatic rings. The highest BCUT2D eigenvalue weighted by Crippen LogP contribution is 2.13. The maximum absolute atomic E-state index is 4.85. The van der Waals surface area contributed by atoms with Gasteiger partial charge < -0.3 is 0 Å².